The number of hydrogen-bond acceptors (Lipinski definition) is 5. The second kappa shape index (κ2) is 9.05. The first-order chi connectivity index (χ1) is 11.7. The Hall–Kier alpha value is -3.21. The van der Waals surface area contributed by atoms with E-state index in [4.69, 9.17) is 14.7 Å². The van der Waals surface area contributed by atoms with E-state index < -0.39 is 0 Å². The summed E-state index contributed by atoms with van der Waals surface area (Å²) in [5, 5.41) is 14.5. The van der Waals surface area contributed by atoms with Crippen LogP contribution in [0, 0.1) is 11.5 Å². The summed E-state index contributed by atoms with van der Waals surface area (Å²) in [6.07, 6.45) is 8.11. The highest BCUT2D eigenvalue weighted by Crippen LogP contribution is 2.25. The lowest BCUT2D eigenvalue weighted by molar-refractivity contribution is 0.395. The van der Waals surface area contributed by atoms with Gasteiger partial charge in [-0.05, 0) is 6.42 Å². The predicted octanol–water partition coefficient (Wildman–Crippen LogP) is 1.83. The Balaban J connectivity index is 1.99. The monoisotopic (exact) mass is 328 g/mol. The number of hydrogen-bond donors (Lipinski definition) is 2. The fourth-order valence-corrected chi connectivity index (χ4v) is 2.04. The zero-order valence-corrected chi connectivity index (χ0v) is 13.7. The summed E-state index contributed by atoms with van der Waals surface area (Å²) in [5.41, 5.74) is 0.710. The highest BCUT2D eigenvalue weighted by atomic mass is 16.5. The molecule has 126 valence electrons. The van der Waals surface area contributed by atoms with E-state index in [0.717, 1.165) is 13.0 Å². The van der Waals surface area contributed by atoms with E-state index >= 15 is 0 Å². The fraction of sp³-hybridized carbons (Fsp3) is 0.312. The van der Waals surface area contributed by atoms with Crippen molar-refractivity contribution in [1.29, 1.82) is 5.26 Å². The number of rotatable bonds is 7. The molecule has 0 spiro atoms. The third kappa shape index (κ3) is 5.21. The number of anilines is 1. The van der Waals surface area contributed by atoms with Crippen LogP contribution in [0.5, 0.6) is 11.5 Å². The van der Waals surface area contributed by atoms with E-state index in [9.17, 15) is 0 Å². The van der Waals surface area contributed by atoms with Gasteiger partial charge in [-0.2, -0.15) is 5.26 Å². The van der Waals surface area contributed by atoms with Gasteiger partial charge in [-0.1, -0.05) is 0 Å². The normalized spacial score (nSPS) is 10.8. The molecule has 0 atom stereocenters. The molecule has 8 heteroatoms. The Morgan fingerprint density at radius 1 is 1.29 bits per heavy atom. The van der Waals surface area contributed by atoms with Crippen molar-refractivity contribution < 1.29 is 9.47 Å². The van der Waals surface area contributed by atoms with Crippen molar-refractivity contribution in [2.24, 2.45) is 4.99 Å². The van der Waals surface area contributed by atoms with Crippen molar-refractivity contribution in [3.63, 3.8) is 0 Å². The lowest BCUT2D eigenvalue weighted by atomic mass is 10.3. The molecule has 2 aromatic rings. The molecule has 0 saturated carbocycles. The molecule has 0 aliphatic heterocycles. The minimum absolute atomic E-state index is 0.374. The second-order valence-electron chi connectivity index (χ2n) is 4.85. The second-order valence-corrected chi connectivity index (χ2v) is 4.85. The molecular formula is C16H20N6O2. The lowest BCUT2D eigenvalue weighted by Crippen LogP contribution is -2.27. The molecule has 0 aliphatic carbocycles. The molecule has 0 aliphatic rings. The van der Waals surface area contributed by atoms with Gasteiger partial charge in [0.25, 0.3) is 0 Å². The van der Waals surface area contributed by atoms with E-state index in [1.54, 1.807) is 44.9 Å². The number of imidazole rings is 1. The summed E-state index contributed by atoms with van der Waals surface area (Å²) in [6, 6.07) is 5.36. The van der Waals surface area contributed by atoms with Crippen LogP contribution in [0.25, 0.3) is 0 Å². The number of methoxy groups -OCH3 is 2. The number of guanidine groups is 1. The molecule has 0 bridgehead atoms. The summed E-state index contributed by atoms with van der Waals surface area (Å²) in [4.78, 5) is 8.37. The first-order valence-corrected chi connectivity index (χ1v) is 7.40. The van der Waals surface area contributed by atoms with Crippen LogP contribution in [0.2, 0.25) is 0 Å². The van der Waals surface area contributed by atoms with Gasteiger partial charge in [0.05, 0.1) is 20.5 Å². The average molecular weight is 328 g/mol. The van der Waals surface area contributed by atoms with Crippen LogP contribution in [-0.2, 0) is 6.54 Å². The minimum atomic E-state index is 0.374. The van der Waals surface area contributed by atoms with Crippen LogP contribution in [0.3, 0.4) is 0 Å². The number of nitrogens with zero attached hydrogens (tertiary/aromatic N) is 4. The zero-order chi connectivity index (χ0) is 17.2. The van der Waals surface area contributed by atoms with Crippen molar-refractivity contribution >= 4 is 11.6 Å². The number of nitriles is 1. The first kappa shape index (κ1) is 17.1. The quantitative estimate of drug-likeness (QED) is 0.265. The highest BCUT2D eigenvalue weighted by molar-refractivity contribution is 5.94. The number of nitrogens with one attached hydrogen (secondary N) is 2. The van der Waals surface area contributed by atoms with Gasteiger partial charge in [0, 0.05) is 49.4 Å². The van der Waals surface area contributed by atoms with Gasteiger partial charge in [-0.3, -0.25) is 10.3 Å². The molecule has 0 amide bonds. The zero-order valence-electron chi connectivity index (χ0n) is 13.7. The Morgan fingerprint density at radius 2 is 2.04 bits per heavy atom. The minimum Gasteiger partial charge on any atom is -0.497 e. The summed E-state index contributed by atoms with van der Waals surface area (Å²) in [6.45, 7) is 1.38. The first-order valence-electron chi connectivity index (χ1n) is 7.40. The van der Waals surface area contributed by atoms with Crippen LogP contribution >= 0.6 is 0 Å². The number of aliphatic imine (C=N–C) groups is 1. The Morgan fingerprint density at radius 3 is 2.62 bits per heavy atom. The molecule has 0 fully saturated rings. The summed E-state index contributed by atoms with van der Waals surface area (Å²) >= 11 is 0. The van der Waals surface area contributed by atoms with Gasteiger partial charge in [0.1, 0.15) is 11.5 Å². The van der Waals surface area contributed by atoms with Gasteiger partial charge < -0.3 is 19.4 Å². The fourth-order valence-electron chi connectivity index (χ4n) is 2.04. The number of benzene rings is 1. The summed E-state index contributed by atoms with van der Waals surface area (Å²) in [5.74, 6) is 1.67. The molecule has 24 heavy (non-hydrogen) atoms. The molecule has 1 aromatic carbocycles. The van der Waals surface area contributed by atoms with E-state index in [0.29, 0.717) is 29.7 Å². The van der Waals surface area contributed by atoms with Crippen molar-refractivity contribution in [2.45, 2.75) is 13.0 Å². The molecule has 0 unspecified atom stereocenters. The average Bonchev–Trinajstić information content (AvgIpc) is 3.11. The largest absolute Gasteiger partial charge is 0.497 e. The van der Waals surface area contributed by atoms with Crippen molar-refractivity contribution in [2.75, 3.05) is 26.1 Å². The molecule has 1 aromatic heterocycles. The maximum absolute atomic E-state index is 8.88. The number of ether oxygens (including phenoxy) is 2. The lowest BCUT2D eigenvalue weighted by Gasteiger charge is -2.11. The van der Waals surface area contributed by atoms with E-state index in [-0.39, 0.29) is 0 Å². The summed E-state index contributed by atoms with van der Waals surface area (Å²) < 4.78 is 12.4. The van der Waals surface area contributed by atoms with Gasteiger partial charge >= 0.3 is 0 Å². The Labute approximate surface area is 140 Å². The van der Waals surface area contributed by atoms with Gasteiger partial charge in [0.2, 0.25) is 5.96 Å². The SMILES string of the molecule is COc1cc(NC(=NCCCn2ccnc2)NC#N)cc(OC)c1. The molecular weight excluding hydrogens is 308 g/mol. The third-order valence-electron chi connectivity index (χ3n) is 3.19. The molecule has 0 radical (unpaired) electrons. The van der Waals surface area contributed by atoms with E-state index in [1.807, 2.05) is 17.0 Å². The maximum atomic E-state index is 8.88. The molecule has 0 saturated heterocycles. The third-order valence-corrected chi connectivity index (χ3v) is 3.19. The predicted molar refractivity (Wildman–Crippen MR) is 91.1 cm³/mol. The Bertz CT molecular complexity index is 684. The molecule has 2 rings (SSSR count). The van der Waals surface area contributed by atoms with Crippen molar-refractivity contribution in [3.8, 4) is 17.7 Å². The molecule has 8 nitrogen and oxygen atoms in total. The van der Waals surface area contributed by atoms with Crippen LogP contribution in [0.15, 0.2) is 41.9 Å². The maximum Gasteiger partial charge on any atom is 0.209 e. The van der Waals surface area contributed by atoms with Crippen molar-refractivity contribution in [3.05, 3.63) is 36.9 Å². The van der Waals surface area contributed by atoms with Crippen LogP contribution in [-0.4, -0.2) is 36.3 Å². The van der Waals surface area contributed by atoms with Crippen molar-refractivity contribution in [1.82, 2.24) is 14.9 Å². The molecule has 2 N–H and O–H groups in total. The standard InChI is InChI=1S/C16H20N6O2/c1-23-14-8-13(9-15(10-14)24-2)21-16(20-11-17)19-4-3-6-22-7-5-18-12-22/h5,7-10,12H,3-4,6H2,1-2H3,(H2,19,20,21). The molecule has 1 heterocycles. The van der Waals surface area contributed by atoms with Crippen LogP contribution in [0.1, 0.15) is 6.42 Å². The van der Waals surface area contributed by atoms with Gasteiger partial charge in [-0.15, -0.1) is 0 Å². The van der Waals surface area contributed by atoms with Crippen LogP contribution < -0.4 is 20.1 Å². The summed E-state index contributed by atoms with van der Waals surface area (Å²) in [7, 11) is 3.16. The van der Waals surface area contributed by atoms with E-state index in [1.165, 1.54) is 0 Å². The van der Waals surface area contributed by atoms with E-state index in [2.05, 4.69) is 20.6 Å². The van der Waals surface area contributed by atoms with Crippen LogP contribution in [0.4, 0.5) is 5.69 Å². The Kier molecular flexibility index (Phi) is 6.46. The number of aromatic nitrogens is 2. The van der Waals surface area contributed by atoms with Gasteiger partial charge in [-0.25, -0.2) is 4.98 Å². The smallest absolute Gasteiger partial charge is 0.209 e. The highest BCUT2D eigenvalue weighted by Gasteiger charge is 2.04. The topological polar surface area (TPSA) is 96.5 Å². The number of aryl methyl sites for hydroxylation is 1. The van der Waals surface area contributed by atoms with Gasteiger partial charge in [0.15, 0.2) is 6.19 Å².